The lowest BCUT2D eigenvalue weighted by atomic mass is 9.66. The molecular weight excluding hydrogens is 423 g/mol. The van der Waals surface area contributed by atoms with Gasteiger partial charge >= 0.3 is 0 Å². The quantitative estimate of drug-likeness (QED) is 0.599. The van der Waals surface area contributed by atoms with Gasteiger partial charge in [0.15, 0.2) is 5.82 Å². The van der Waals surface area contributed by atoms with Crippen LogP contribution in [0.3, 0.4) is 0 Å². The summed E-state index contributed by atoms with van der Waals surface area (Å²) in [7, 11) is 1.59. The SMILES string of the molecule is CC1CC2CC(CNC(c3cn(C)nc3C(F)F)c3nnnn3-c3ccc(F)cc3)(C2)O1. The molecule has 3 aromatic rings. The van der Waals surface area contributed by atoms with E-state index in [-0.39, 0.29) is 23.0 Å². The third kappa shape index (κ3) is 3.79. The monoisotopic (exact) mass is 447 g/mol. The summed E-state index contributed by atoms with van der Waals surface area (Å²) in [6.07, 6.45) is 1.88. The highest BCUT2D eigenvalue weighted by atomic mass is 19.3. The summed E-state index contributed by atoms with van der Waals surface area (Å²) >= 11 is 0. The zero-order chi connectivity index (χ0) is 22.5. The third-order valence-corrected chi connectivity index (χ3v) is 6.29. The highest BCUT2D eigenvalue weighted by Gasteiger charge is 2.51. The van der Waals surface area contributed by atoms with Crippen molar-refractivity contribution in [3.8, 4) is 5.69 Å². The predicted octanol–water partition coefficient (Wildman–Crippen LogP) is 3.11. The maximum absolute atomic E-state index is 13.8. The fourth-order valence-corrected chi connectivity index (χ4v) is 5.07. The smallest absolute Gasteiger partial charge is 0.282 e. The van der Waals surface area contributed by atoms with Crippen LogP contribution in [0.25, 0.3) is 5.69 Å². The lowest BCUT2D eigenvalue weighted by molar-refractivity contribution is -0.209. The van der Waals surface area contributed by atoms with E-state index in [0.29, 0.717) is 24.0 Å². The molecule has 0 radical (unpaired) electrons. The van der Waals surface area contributed by atoms with Crippen LogP contribution in [0.5, 0.6) is 0 Å². The van der Waals surface area contributed by atoms with Gasteiger partial charge in [-0.3, -0.25) is 4.68 Å². The molecule has 1 N–H and O–H groups in total. The van der Waals surface area contributed by atoms with E-state index in [1.54, 1.807) is 13.2 Å². The Labute approximate surface area is 182 Å². The van der Waals surface area contributed by atoms with E-state index < -0.39 is 18.3 Å². The molecule has 6 rings (SSSR count). The summed E-state index contributed by atoms with van der Waals surface area (Å²) in [4.78, 5) is 0. The Balaban J connectivity index is 1.51. The molecule has 2 bridgehead atoms. The van der Waals surface area contributed by atoms with Gasteiger partial charge in [-0.15, -0.1) is 5.10 Å². The topological polar surface area (TPSA) is 82.7 Å². The van der Waals surface area contributed by atoms with Gasteiger partial charge < -0.3 is 10.1 Å². The molecular formula is C21H24F3N7O. The first-order chi connectivity index (χ1) is 15.3. The second kappa shape index (κ2) is 7.96. The lowest BCUT2D eigenvalue weighted by Gasteiger charge is -2.54. The average molecular weight is 447 g/mol. The summed E-state index contributed by atoms with van der Waals surface area (Å²) in [5, 5.41) is 19.3. The van der Waals surface area contributed by atoms with Crippen molar-refractivity contribution in [1.29, 1.82) is 0 Å². The predicted molar refractivity (Wildman–Crippen MR) is 108 cm³/mol. The minimum atomic E-state index is -2.76. The first kappa shape index (κ1) is 21.1. The number of aryl methyl sites for hydroxylation is 1. The van der Waals surface area contributed by atoms with Gasteiger partial charge in [0.05, 0.1) is 23.4 Å². The second-order valence-corrected chi connectivity index (χ2v) is 8.80. The van der Waals surface area contributed by atoms with Crippen LogP contribution < -0.4 is 5.32 Å². The van der Waals surface area contributed by atoms with E-state index in [9.17, 15) is 13.2 Å². The third-order valence-electron chi connectivity index (χ3n) is 6.29. The van der Waals surface area contributed by atoms with Crippen molar-refractivity contribution < 1.29 is 17.9 Å². The van der Waals surface area contributed by atoms with E-state index in [1.165, 1.54) is 33.6 Å². The van der Waals surface area contributed by atoms with E-state index in [2.05, 4.69) is 32.9 Å². The number of nitrogens with zero attached hydrogens (tertiary/aromatic N) is 6. The van der Waals surface area contributed by atoms with Gasteiger partial charge in [0.25, 0.3) is 6.43 Å². The zero-order valence-electron chi connectivity index (χ0n) is 17.8. The summed E-state index contributed by atoms with van der Waals surface area (Å²) in [6.45, 7) is 2.52. The highest BCUT2D eigenvalue weighted by Crippen LogP contribution is 2.49. The minimum Gasteiger partial charge on any atom is -0.371 e. The Kier molecular flexibility index (Phi) is 5.25. The summed E-state index contributed by atoms with van der Waals surface area (Å²) in [5.41, 5.74) is 0.157. The number of rotatable bonds is 7. The fraction of sp³-hybridized carbons (Fsp3) is 0.524. The van der Waals surface area contributed by atoms with Crippen LogP contribution >= 0.6 is 0 Å². The van der Waals surface area contributed by atoms with Gasteiger partial charge in [-0.25, -0.2) is 13.2 Å². The number of alkyl halides is 2. The molecule has 3 fully saturated rings. The maximum Gasteiger partial charge on any atom is 0.282 e. The number of ether oxygens (including phenoxy) is 1. The second-order valence-electron chi connectivity index (χ2n) is 8.80. The number of hydrogen-bond donors (Lipinski definition) is 1. The molecule has 32 heavy (non-hydrogen) atoms. The van der Waals surface area contributed by atoms with E-state index in [4.69, 9.17) is 4.74 Å². The molecule has 2 unspecified atom stereocenters. The van der Waals surface area contributed by atoms with Crippen molar-refractivity contribution in [2.75, 3.05) is 6.54 Å². The van der Waals surface area contributed by atoms with E-state index >= 15 is 0 Å². The summed E-state index contributed by atoms with van der Waals surface area (Å²) < 4.78 is 50.0. The van der Waals surface area contributed by atoms with Crippen molar-refractivity contribution in [2.24, 2.45) is 13.0 Å². The van der Waals surface area contributed by atoms with E-state index in [1.807, 2.05) is 0 Å². The van der Waals surface area contributed by atoms with Crippen LogP contribution in [0.4, 0.5) is 13.2 Å². The number of benzene rings is 1. The molecule has 4 heterocycles. The van der Waals surface area contributed by atoms with Crippen LogP contribution in [0.15, 0.2) is 30.5 Å². The van der Waals surface area contributed by atoms with Crippen molar-refractivity contribution in [1.82, 2.24) is 35.3 Å². The molecule has 2 aliphatic heterocycles. The molecule has 2 aromatic heterocycles. The number of fused-ring (bicyclic) bond motifs is 2. The van der Waals surface area contributed by atoms with Crippen LogP contribution in [0.1, 0.15) is 55.7 Å². The Bertz CT molecular complexity index is 1090. The molecule has 3 aliphatic rings. The highest BCUT2D eigenvalue weighted by molar-refractivity contribution is 5.35. The average Bonchev–Trinajstić information content (AvgIpc) is 3.35. The van der Waals surface area contributed by atoms with Crippen molar-refractivity contribution >= 4 is 0 Å². The molecule has 2 saturated heterocycles. The van der Waals surface area contributed by atoms with E-state index in [0.717, 1.165) is 19.3 Å². The molecule has 170 valence electrons. The molecule has 0 amide bonds. The van der Waals surface area contributed by atoms with Crippen molar-refractivity contribution in [3.05, 3.63) is 53.4 Å². The summed E-state index contributed by atoms with van der Waals surface area (Å²) in [6, 6.07) is 4.89. The lowest BCUT2D eigenvalue weighted by Crippen LogP contribution is -2.59. The number of aromatic nitrogens is 6. The maximum atomic E-state index is 13.8. The van der Waals surface area contributed by atoms with Gasteiger partial charge in [0.2, 0.25) is 0 Å². The molecule has 0 spiro atoms. The number of nitrogens with one attached hydrogen (secondary N) is 1. The van der Waals surface area contributed by atoms with Gasteiger partial charge in [-0.1, -0.05) is 0 Å². The molecule has 1 aromatic carbocycles. The summed E-state index contributed by atoms with van der Waals surface area (Å²) in [5.74, 6) is 0.550. The standard InChI is InChI=1S/C21H24F3N7O/c1-12-7-13-8-21(9-13,32-12)11-25-18(16-10-30(2)27-17(16)19(23)24)20-26-28-29-31(20)15-5-3-14(22)4-6-15/h3-6,10,12-13,18-19,25H,7-9,11H2,1-2H3. The van der Waals surface area contributed by atoms with Gasteiger partial charge in [-0.2, -0.15) is 9.78 Å². The number of hydrogen-bond acceptors (Lipinski definition) is 6. The van der Waals surface area contributed by atoms with Crippen LogP contribution in [0, 0.1) is 11.7 Å². The molecule has 2 atom stereocenters. The first-order valence-electron chi connectivity index (χ1n) is 10.6. The molecule has 11 heteroatoms. The molecule has 1 aliphatic carbocycles. The number of tetrazole rings is 1. The Morgan fingerprint density at radius 1 is 1.25 bits per heavy atom. The van der Waals surface area contributed by atoms with Gasteiger partial charge in [-0.05, 0) is 66.8 Å². The zero-order valence-corrected chi connectivity index (χ0v) is 17.8. The van der Waals surface area contributed by atoms with Gasteiger partial charge in [0, 0.05) is 25.4 Å². The minimum absolute atomic E-state index is 0.169. The largest absolute Gasteiger partial charge is 0.371 e. The Hall–Kier alpha value is -2.79. The molecule has 8 nitrogen and oxygen atoms in total. The Morgan fingerprint density at radius 2 is 2.00 bits per heavy atom. The first-order valence-corrected chi connectivity index (χ1v) is 10.6. The Morgan fingerprint density at radius 3 is 2.69 bits per heavy atom. The number of halogens is 3. The van der Waals surface area contributed by atoms with Crippen LogP contribution in [-0.2, 0) is 11.8 Å². The van der Waals surface area contributed by atoms with Crippen LogP contribution in [-0.4, -0.2) is 48.2 Å². The van der Waals surface area contributed by atoms with Gasteiger partial charge in [0.1, 0.15) is 11.5 Å². The fourth-order valence-electron chi connectivity index (χ4n) is 5.07. The van der Waals surface area contributed by atoms with Crippen molar-refractivity contribution in [2.45, 2.75) is 50.4 Å². The molecule has 1 saturated carbocycles. The van der Waals surface area contributed by atoms with Crippen LogP contribution in [0.2, 0.25) is 0 Å². The van der Waals surface area contributed by atoms with Crippen molar-refractivity contribution in [3.63, 3.8) is 0 Å². The normalized spacial score (nSPS) is 25.7.